The van der Waals surface area contributed by atoms with E-state index in [0.717, 1.165) is 5.56 Å². The molecule has 0 unspecified atom stereocenters. The van der Waals surface area contributed by atoms with Crippen molar-refractivity contribution in [1.82, 2.24) is 0 Å². The summed E-state index contributed by atoms with van der Waals surface area (Å²) in [5.74, 6) is 0. The Balaban J connectivity index is 3.19. The van der Waals surface area contributed by atoms with E-state index in [1.165, 1.54) is 0 Å². The fraction of sp³-hybridized carbons (Fsp3) is 0.143. The van der Waals surface area contributed by atoms with E-state index in [1.807, 2.05) is 6.92 Å². The zero-order valence-corrected chi connectivity index (χ0v) is 6.71. The molecule has 0 aliphatic heterocycles. The molecule has 1 rings (SSSR count). The summed E-state index contributed by atoms with van der Waals surface area (Å²) < 4.78 is 0. The molecule has 0 heterocycles. The maximum Gasteiger partial charge on any atom is 0.0408 e. The van der Waals surface area contributed by atoms with E-state index >= 15 is 0 Å². The highest BCUT2D eigenvalue weighted by atomic mass is 35.5. The molecule has 0 aromatic heterocycles. The van der Waals surface area contributed by atoms with Gasteiger partial charge in [-0.1, -0.05) is 22.8 Å². The lowest BCUT2D eigenvalue weighted by atomic mass is 10.2. The Morgan fingerprint density at radius 2 is 2.27 bits per heavy atom. The predicted octanol–water partition coefficient (Wildman–Crippen LogP) is 3.59. The second-order valence-electron chi connectivity index (χ2n) is 2.12. The van der Waals surface area contributed by atoms with E-state index in [2.05, 4.69) is 10.0 Å². The number of nitrogens with zero attached hydrogens (tertiary/aromatic N) is 3. The third kappa shape index (κ3) is 1.87. The Kier molecular flexibility index (Phi) is 2.36. The maximum atomic E-state index is 8.14. The molecule has 0 fully saturated rings. The van der Waals surface area contributed by atoms with Crippen molar-refractivity contribution in [3.63, 3.8) is 0 Å². The summed E-state index contributed by atoms with van der Waals surface area (Å²) in [5, 5.41) is 4.12. The van der Waals surface area contributed by atoms with Gasteiger partial charge in [0.1, 0.15) is 0 Å². The summed E-state index contributed by atoms with van der Waals surface area (Å²) in [6.07, 6.45) is 0. The lowest BCUT2D eigenvalue weighted by molar-refractivity contribution is 1.38. The SMILES string of the molecule is Cc1cc(Cl)ccc1N=[N+]=[N-]. The molecule has 1 aromatic carbocycles. The van der Waals surface area contributed by atoms with E-state index in [9.17, 15) is 0 Å². The van der Waals surface area contributed by atoms with Crippen LogP contribution in [0.1, 0.15) is 5.56 Å². The number of hydrogen-bond donors (Lipinski definition) is 0. The van der Waals surface area contributed by atoms with E-state index < -0.39 is 0 Å². The number of rotatable bonds is 1. The standard InChI is InChI=1S/C7H6ClN3/c1-5-4-6(8)2-3-7(5)10-11-9/h2-4H,1H3. The normalized spacial score (nSPS) is 8.91. The molecule has 0 atom stereocenters. The molecule has 11 heavy (non-hydrogen) atoms. The first-order valence-corrected chi connectivity index (χ1v) is 3.43. The quantitative estimate of drug-likeness (QED) is 0.349. The van der Waals surface area contributed by atoms with Crippen molar-refractivity contribution >= 4 is 17.3 Å². The van der Waals surface area contributed by atoms with Crippen LogP contribution in [0.2, 0.25) is 5.02 Å². The molecule has 0 spiro atoms. The fourth-order valence-corrected chi connectivity index (χ4v) is 1.01. The zero-order chi connectivity index (χ0) is 8.27. The van der Waals surface area contributed by atoms with Gasteiger partial charge in [-0.3, -0.25) is 0 Å². The van der Waals surface area contributed by atoms with Crippen molar-refractivity contribution in [2.75, 3.05) is 0 Å². The van der Waals surface area contributed by atoms with Crippen molar-refractivity contribution in [3.05, 3.63) is 39.2 Å². The van der Waals surface area contributed by atoms with Crippen LogP contribution < -0.4 is 0 Å². The van der Waals surface area contributed by atoms with Gasteiger partial charge < -0.3 is 0 Å². The number of halogens is 1. The molecule has 0 N–H and O–H groups in total. The van der Waals surface area contributed by atoms with Gasteiger partial charge in [0.05, 0.1) is 0 Å². The van der Waals surface area contributed by atoms with E-state index in [4.69, 9.17) is 17.1 Å². The summed E-state index contributed by atoms with van der Waals surface area (Å²) in [6, 6.07) is 5.14. The van der Waals surface area contributed by atoms with Crippen LogP contribution in [0.3, 0.4) is 0 Å². The minimum absolute atomic E-state index is 0.622. The number of benzene rings is 1. The molecular weight excluding hydrogens is 162 g/mol. The van der Waals surface area contributed by atoms with Gasteiger partial charge in [-0.05, 0) is 30.2 Å². The Hall–Kier alpha value is -1.18. The summed E-state index contributed by atoms with van der Waals surface area (Å²) in [7, 11) is 0. The molecule has 0 aliphatic carbocycles. The molecule has 0 aliphatic rings. The van der Waals surface area contributed by atoms with E-state index in [-0.39, 0.29) is 0 Å². The van der Waals surface area contributed by atoms with Crippen LogP contribution in [0, 0.1) is 6.92 Å². The lowest BCUT2D eigenvalue weighted by Gasteiger charge is -1.97. The van der Waals surface area contributed by atoms with Crippen LogP contribution in [0.25, 0.3) is 10.4 Å². The Morgan fingerprint density at radius 1 is 1.55 bits per heavy atom. The topological polar surface area (TPSA) is 48.8 Å². The Morgan fingerprint density at radius 3 is 2.82 bits per heavy atom. The van der Waals surface area contributed by atoms with Crippen molar-refractivity contribution in [1.29, 1.82) is 0 Å². The minimum atomic E-state index is 0.622. The molecule has 3 nitrogen and oxygen atoms in total. The number of azide groups is 1. The maximum absolute atomic E-state index is 8.14. The molecule has 0 saturated heterocycles. The first-order chi connectivity index (χ1) is 5.24. The first kappa shape index (κ1) is 7.92. The fourth-order valence-electron chi connectivity index (χ4n) is 0.779. The summed E-state index contributed by atoms with van der Waals surface area (Å²) in [6.45, 7) is 1.84. The highest BCUT2D eigenvalue weighted by Crippen LogP contribution is 2.21. The Bertz CT molecular complexity index is 315. The monoisotopic (exact) mass is 167 g/mol. The van der Waals surface area contributed by atoms with Gasteiger partial charge in [0, 0.05) is 15.6 Å². The summed E-state index contributed by atoms with van der Waals surface area (Å²) in [5.41, 5.74) is 9.65. The van der Waals surface area contributed by atoms with Gasteiger partial charge >= 0.3 is 0 Å². The van der Waals surface area contributed by atoms with E-state index in [1.54, 1.807) is 18.2 Å². The smallest absolute Gasteiger partial charge is 0.0408 e. The number of aryl methyl sites for hydroxylation is 1. The van der Waals surface area contributed by atoms with Crippen molar-refractivity contribution in [3.8, 4) is 0 Å². The first-order valence-electron chi connectivity index (χ1n) is 3.05. The number of hydrogen-bond acceptors (Lipinski definition) is 1. The molecule has 0 radical (unpaired) electrons. The second-order valence-corrected chi connectivity index (χ2v) is 2.56. The van der Waals surface area contributed by atoms with Crippen LogP contribution >= 0.6 is 11.6 Å². The highest BCUT2D eigenvalue weighted by Gasteiger charge is 1.94. The van der Waals surface area contributed by atoms with Crippen molar-refractivity contribution in [2.45, 2.75) is 6.92 Å². The molecule has 56 valence electrons. The molecule has 4 heteroatoms. The van der Waals surface area contributed by atoms with Crippen LogP contribution in [0.4, 0.5) is 5.69 Å². The highest BCUT2D eigenvalue weighted by molar-refractivity contribution is 6.30. The van der Waals surface area contributed by atoms with Crippen molar-refractivity contribution in [2.24, 2.45) is 5.11 Å². The van der Waals surface area contributed by atoms with Crippen molar-refractivity contribution < 1.29 is 0 Å². The Labute approximate surface area is 69.2 Å². The largest absolute Gasteiger partial charge is 0.0843 e. The second kappa shape index (κ2) is 3.28. The molecule has 0 bridgehead atoms. The van der Waals surface area contributed by atoms with Crippen LogP contribution in [0.15, 0.2) is 23.3 Å². The molecule has 0 amide bonds. The van der Waals surface area contributed by atoms with Gasteiger partial charge in [0.2, 0.25) is 0 Å². The van der Waals surface area contributed by atoms with Gasteiger partial charge in [-0.15, -0.1) is 0 Å². The summed E-state index contributed by atoms with van der Waals surface area (Å²) in [4.78, 5) is 2.68. The minimum Gasteiger partial charge on any atom is -0.0843 e. The van der Waals surface area contributed by atoms with Gasteiger partial charge in [-0.2, -0.15) is 0 Å². The third-order valence-corrected chi connectivity index (χ3v) is 1.55. The summed E-state index contributed by atoms with van der Waals surface area (Å²) >= 11 is 5.68. The van der Waals surface area contributed by atoms with Crippen LogP contribution in [0.5, 0.6) is 0 Å². The zero-order valence-electron chi connectivity index (χ0n) is 5.95. The van der Waals surface area contributed by atoms with Crippen LogP contribution in [-0.2, 0) is 0 Å². The molecular formula is C7H6ClN3. The van der Waals surface area contributed by atoms with Gasteiger partial charge in [0.15, 0.2) is 0 Å². The lowest BCUT2D eigenvalue weighted by Crippen LogP contribution is -1.71. The van der Waals surface area contributed by atoms with Gasteiger partial charge in [0.25, 0.3) is 0 Å². The van der Waals surface area contributed by atoms with Gasteiger partial charge in [-0.25, -0.2) is 0 Å². The molecule has 0 saturated carbocycles. The third-order valence-electron chi connectivity index (χ3n) is 1.31. The van der Waals surface area contributed by atoms with E-state index in [0.29, 0.717) is 10.7 Å². The average Bonchev–Trinajstić information content (AvgIpc) is 1.95. The molecule has 1 aromatic rings. The predicted molar refractivity (Wildman–Crippen MR) is 45.0 cm³/mol. The average molecular weight is 168 g/mol. The van der Waals surface area contributed by atoms with Crippen LogP contribution in [-0.4, -0.2) is 0 Å².